The average molecular weight is 337 g/mol. The van der Waals surface area contributed by atoms with Crippen LogP contribution in [0.2, 0.25) is 5.15 Å². The van der Waals surface area contributed by atoms with Crippen molar-refractivity contribution in [2.45, 2.75) is 25.5 Å². The summed E-state index contributed by atoms with van der Waals surface area (Å²) < 4.78 is 13.0. The highest BCUT2D eigenvalue weighted by Crippen LogP contribution is 2.24. The maximum Gasteiger partial charge on any atom is 0.226 e. The summed E-state index contributed by atoms with van der Waals surface area (Å²) >= 11 is 6.09. The van der Waals surface area contributed by atoms with Crippen LogP contribution in [0, 0.1) is 5.82 Å². The molecule has 2 heterocycles. The van der Waals surface area contributed by atoms with Gasteiger partial charge in [-0.05, 0) is 31.0 Å². The van der Waals surface area contributed by atoms with Gasteiger partial charge in [0.2, 0.25) is 5.95 Å². The quantitative estimate of drug-likeness (QED) is 0.840. The second-order valence-corrected chi connectivity index (χ2v) is 6.07. The Morgan fingerprint density at radius 1 is 1.35 bits per heavy atom. The summed E-state index contributed by atoms with van der Waals surface area (Å²) in [6.45, 7) is 3.22. The first-order valence-electron chi connectivity index (χ1n) is 7.51. The molecule has 0 aliphatic carbocycles. The van der Waals surface area contributed by atoms with E-state index in [-0.39, 0.29) is 18.0 Å². The predicted octanol–water partition coefficient (Wildman–Crippen LogP) is 3.01. The number of hydrogen-bond donors (Lipinski definition) is 2. The van der Waals surface area contributed by atoms with E-state index in [2.05, 4.69) is 15.3 Å². The Morgan fingerprint density at radius 3 is 2.74 bits per heavy atom. The van der Waals surface area contributed by atoms with Crippen LogP contribution in [0.4, 0.5) is 16.2 Å². The van der Waals surface area contributed by atoms with E-state index in [1.807, 2.05) is 11.8 Å². The normalized spacial score (nSPS) is 19.0. The van der Waals surface area contributed by atoms with Crippen LogP contribution in [-0.2, 0) is 0 Å². The number of β-amino-alcohol motifs (C(OH)–C–C–N with tert-alkyl or cyclic N) is 1. The van der Waals surface area contributed by atoms with Crippen molar-refractivity contribution in [1.82, 2.24) is 9.97 Å². The van der Waals surface area contributed by atoms with Gasteiger partial charge in [0.25, 0.3) is 0 Å². The van der Waals surface area contributed by atoms with Gasteiger partial charge in [-0.25, -0.2) is 9.37 Å². The highest BCUT2D eigenvalue weighted by atomic mass is 35.5. The minimum atomic E-state index is -0.335. The van der Waals surface area contributed by atoms with Gasteiger partial charge in [0.15, 0.2) is 0 Å². The Morgan fingerprint density at radius 2 is 2.09 bits per heavy atom. The van der Waals surface area contributed by atoms with E-state index >= 15 is 0 Å². The van der Waals surface area contributed by atoms with Crippen LogP contribution >= 0.6 is 11.6 Å². The number of aliphatic hydroxyl groups is 1. The molecule has 23 heavy (non-hydrogen) atoms. The summed E-state index contributed by atoms with van der Waals surface area (Å²) in [6, 6.07) is 7.87. The van der Waals surface area contributed by atoms with Gasteiger partial charge in [0.05, 0.1) is 12.1 Å². The van der Waals surface area contributed by atoms with E-state index in [1.165, 1.54) is 12.1 Å². The lowest BCUT2D eigenvalue weighted by atomic mass is 10.1. The zero-order valence-electron chi connectivity index (χ0n) is 12.7. The van der Waals surface area contributed by atoms with Gasteiger partial charge in [-0.15, -0.1) is 0 Å². The number of benzene rings is 1. The van der Waals surface area contributed by atoms with E-state index in [4.69, 9.17) is 11.6 Å². The van der Waals surface area contributed by atoms with Crippen molar-refractivity contribution < 1.29 is 9.50 Å². The van der Waals surface area contributed by atoms with E-state index in [0.29, 0.717) is 23.5 Å². The number of hydrogen-bond acceptors (Lipinski definition) is 5. The third-order valence-corrected chi connectivity index (χ3v) is 4.08. The molecule has 2 aromatic rings. The van der Waals surface area contributed by atoms with Gasteiger partial charge in [0, 0.05) is 19.2 Å². The largest absolute Gasteiger partial charge is 0.391 e. The average Bonchev–Trinajstić information content (AvgIpc) is 2.94. The fourth-order valence-electron chi connectivity index (χ4n) is 2.61. The van der Waals surface area contributed by atoms with Gasteiger partial charge < -0.3 is 15.3 Å². The zero-order chi connectivity index (χ0) is 16.4. The molecular formula is C16H18ClFN4O. The molecule has 7 heteroatoms. The van der Waals surface area contributed by atoms with Crippen molar-refractivity contribution in [2.75, 3.05) is 23.3 Å². The number of aromatic nitrogens is 2. The highest BCUT2D eigenvalue weighted by molar-refractivity contribution is 6.29. The highest BCUT2D eigenvalue weighted by Gasteiger charge is 2.22. The standard InChI is InChI=1S/C16H18ClFN4O/c1-10(11-2-4-12(18)5-3-11)19-16-20-14(17)8-15(21-16)22-7-6-13(23)9-22/h2-5,8,10,13,23H,6-7,9H2,1H3,(H,19,20,21). The molecule has 2 unspecified atom stereocenters. The molecule has 5 nitrogen and oxygen atoms in total. The molecule has 1 aliphatic heterocycles. The number of aliphatic hydroxyl groups excluding tert-OH is 1. The van der Waals surface area contributed by atoms with Crippen LogP contribution in [0.3, 0.4) is 0 Å². The van der Waals surface area contributed by atoms with Crippen molar-refractivity contribution >= 4 is 23.4 Å². The molecule has 3 rings (SSSR count). The van der Waals surface area contributed by atoms with E-state index < -0.39 is 0 Å². The zero-order valence-corrected chi connectivity index (χ0v) is 13.5. The van der Waals surface area contributed by atoms with E-state index in [9.17, 15) is 9.50 Å². The molecule has 0 bridgehead atoms. The third-order valence-electron chi connectivity index (χ3n) is 3.88. The summed E-state index contributed by atoms with van der Waals surface area (Å²) in [4.78, 5) is 10.6. The first-order chi connectivity index (χ1) is 11.0. The maximum absolute atomic E-state index is 13.0. The second kappa shape index (κ2) is 6.68. The number of rotatable bonds is 4. The molecule has 1 fully saturated rings. The molecule has 2 atom stereocenters. The Kier molecular flexibility index (Phi) is 4.63. The topological polar surface area (TPSA) is 61.3 Å². The number of halogens is 2. The number of nitrogens with one attached hydrogen (secondary N) is 1. The van der Waals surface area contributed by atoms with Crippen LogP contribution in [0.5, 0.6) is 0 Å². The van der Waals surface area contributed by atoms with Crippen molar-refractivity contribution in [2.24, 2.45) is 0 Å². The first-order valence-corrected chi connectivity index (χ1v) is 7.88. The first kappa shape index (κ1) is 16.0. The molecule has 1 aromatic carbocycles. The molecular weight excluding hydrogens is 319 g/mol. The summed E-state index contributed by atoms with van der Waals surface area (Å²) in [5.41, 5.74) is 0.924. The Hall–Kier alpha value is -1.92. The molecule has 2 N–H and O–H groups in total. The fourth-order valence-corrected chi connectivity index (χ4v) is 2.79. The monoisotopic (exact) mass is 336 g/mol. The third kappa shape index (κ3) is 3.89. The molecule has 122 valence electrons. The van der Waals surface area contributed by atoms with Gasteiger partial charge in [-0.3, -0.25) is 0 Å². The molecule has 0 saturated carbocycles. The fraction of sp³-hybridized carbons (Fsp3) is 0.375. The van der Waals surface area contributed by atoms with Crippen molar-refractivity contribution in [1.29, 1.82) is 0 Å². The van der Waals surface area contributed by atoms with Gasteiger partial charge >= 0.3 is 0 Å². The number of anilines is 2. The minimum Gasteiger partial charge on any atom is -0.391 e. The van der Waals surface area contributed by atoms with Crippen LogP contribution in [0.1, 0.15) is 24.9 Å². The van der Waals surface area contributed by atoms with Crippen LogP contribution in [-0.4, -0.2) is 34.3 Å². The van der Waals surface area contributed by atoms with Crippen LogP contribution in [0.25, 0.3) is 0 Å². The van der Waals surface area contributed by atoms with Crippen LogP contribution in [0.15, 0.2) is 30.3 Å². The Bertz CT molecular complexity index is 682. The molecule has 0 amide bonds. The van der Waals surface area contributed by atoms with Crippen molar-refractivity contribution in [3.05, 3.63) is 46.9 Å². The Labute approximate surface area is 139 Å². The van der Waals surface area contributed by atoms with Crippen molar-refractivity contribution in [3.8, 4) is 0 Å². The second-order valence-electron chi connectivity index (χ2n) is 5.68. The van der Waals surface area contributed by atoms with Crippen LogP contribution < -0.4 is 10.2 Å². The minimum absolute atomic E-state index is 0.0916. The van der Waals surface area contributed by atoms with E-state index in [1.54, 1.807) is 18.2 Å². The summed E-state index contributed by atoms with van der Waals surface area (Å²) in [7, 11) is 0. The van der Waals surface area contributed by atoms with Crippen molar-refractivity contribution in [3.63, 3.8) is 0 Å². The summed E-state index contributed by atoms with van der Waals surface area (Å²) in [6.07, 6.45) is 0.384. The molecule has 1 aromatic heterocycles. The molecule has 1 aliphatic rings. The number of nitrogens with zero attached hydrogens (tertiary/aromatic N) is 3. The lowest BCUT2D eigenvalue weighted by Crippen LogP contribution is -2.23. The summed E-state index contributed by atoms with van der Waals surface area (Å²) in [5.74, 6) is 0.830. The molecule has 0 spiro atoms. The lowest BCUT2D eigenvalue weighted by Gasteiger charge is -2.19. The Balaban J connectivity index is 1.77. The maximum atomic E-state index is 13.0. The predicted molar refractivity (Wildman–Crippen MR) is 88.3 cm³/mol. The smallest absolute Gasteiger partial charge is 0.226 e. The SMILES string of the molecule is CC(Nc1nc(Cl)cc(N2CCC(O)C2)n1)c1ccc(F)cc1. The van der Waals surface area contributed by atoms with Gasteiger partial charge in [0.1, 0.15) is 16.8 Å². The molecule has 1 saturated heterocycles. The van der Waals surface area contributed by atoms with E-state index in [0.717, 1.165) is 18.5 Å². The molecule has 0 radical (unpaired) electrons. The van der Waals surface area contributed by atoms with Gasteiger partial charge in [-0.2, -0.15) is 4.98 Å². The van der Waals surface area contributed by atoms with Gasteiger partial charge in [-0.1, -0.05) is 23.7 Å². The lowest BCUT2D eigenvalue weighted by molar-refractivity contribution is 0.198. The summed E-state index contributed by atoms with van der Waals surface area (Å²) in [5, 5.41) is 13.2.